The first-order chi connectivity index (χ1) is 11.3. The summed E-state index contributed by atoms with van der Waals surface area (Å²) in [6, 6.07) is 4.08. The van der Waals surface area contributed by atoms with Crippen molar-refractivity contribution in [3.63, 3.8) is 0 Å². The Bertz CT molecular complexity index is 662. The summed E-state index contributed by atoms with van der Waals surface area (Å²) in [4.78, 5) is 12.0. The maximum Gasteiger partial charge on any atom is 0.160 e. The van der Waals surface area contributed by atoms with Crippen molar-refractivity contribution in [1.82, 2.24) is 19.4 Å². The van der Waals surface area contributed by atoms with Crippen molar-refractivity contribution in [2.45, 2.75) is 38.1 Å². The Kier molecular flexibility index (Phi) is 4.31. The molecule has 5 nitrogen and oxygen atoms in total. The van der Waals surface area contributed by atoms with Crippen molar-refractivity contribution in [3.8, 4) is 0 Å². The van der Waals surface area contributed by atoms with Crippen molar-refractivity contribution in [2.24, 2.45) is 5.92 Å². The number of imidazole rings is 1. The van der Waals surface area contributed by atoms with Crippen LogP contribution in [0.3, 0.4) is 0 Å². The molecule has 2 atom stereocenters. The van der Waals surface area contributed by atoms with Crippen LogP contribution in [-0.4, -0.2) is 52.8 Å². The van der Waals surface area contributed by atoms with Gasteiger partial charge in [0.2, 0.25) is 0 Å². The van der Waals surface area contributed by atoms with Crippen LogP contribution in [0.1, 0.15) is 37.4 Å². The Balaban J connectivity index is 1.68. The van der Waals surface area contributed by atoms with Crippen LogP contribution in [0, 0.1) is 5.92 Å². The molecule has 2 unspecified atom stereocenters. The van der Waals surface area contributed by atoms with E-state index in [1.807, 2.05) is 12.3 Å². The predicted molar refractivity (Wildman–Crippen MR) is 90.5 cm³/mol. The van der Waals surface area contributed by atoms with Crippen LogP contribution in [0.25, 0.3) is 11.2 Å². The zero-order chi connectivity index (χ0) is 15.6. The minimum Gasteiger partial charge on any atom is -0.381 e. The largest absolute Gasteiger partial charge is 0.381 e. The smallest absolute Gasteiger partial charge is 0.160 e. The van der Waals surface area contributed by atoms with Gasteiger partial charge in [0.05, 0.1) is 6.61 Å². The number of hydrogen-bond donors (Lipinski definition) is 0. The number of ether oxygens (including phenoxy) is 1. The fourth-order valence-electron chi connectivity index (χ4n) is 4.05. The summed E-state index contributed by atoms with van der Waals surface area (Å²) in [6.45, 7) is 5.08. The summed E-state index contributed by atoms with van der Waals surface area (Å²) >= 11 is 0. The number of likely N-dealkylation sites (tertiary alicyclic amines) is 1. The van der Waals surface area contributed by atoms with Crippen LogP contribution in [0.5, 0.6) is 0 Å². The molecule has 2 saturated heterocycles. The van der Waals surface area contributed by atoms with Gasteiger partial charge in [0, 0.05) is 37.7 Å². The molecule has 0 amide bonds. The molecular weight excluding hydrogens is 288 g/mol. The van der Waals surface area contributed by atoms with Gasteiger partial charge in [-0.3, -0.25) is 0 Å². The van der Waals surface area contributed by atoms with Crippen molar-refractivity contribution in [3.05, 3.63) is 24.2 Å². The van der Waals surface area contributed by atoms with Crippen molar-refractivity contribution in [1.29, 1.82) is 0 Å². The summed E-state index contributed by atoms with van der Waals surface area (Å²) < 4.78 is 8.07. The van der Waals surface area contributed by atoms with Gasteiger partial charge in [-0.15, -0.1) is 0 Å². The van der Waals surface area contributed by atoms with Crippen molar-refractivity contribution >= 4 is 11.2 Å². The number of nitrogens with zero attached hydrogens (tertiary/aromatic N) is 4. The fraction of sp³-hybridized carbons (Fsp3) is 0.667. The van der Waals surface area contributed by atoms with Crippen LogP contribution in [0.2, 0.25) is 0 Å². The van der Waals surface area contributed by atoms with Gasteiger partial charge in [-0.1, -0.05) is 0 Å². The Morgan fingerprint density at radius 2 is 2.26 bits per heavy atom. The maximum atomic E-state index is 5.68. The van der Waals surface area contributed by atoms with Crippen LogP contribution >= 0.6 is 0 Å². The molecule has 2 aromatic heterocycles. The molecule has 0 aromatic carbocycles. The average Bonchev–Trinajstić information content (AvgIpc) is 2.95. The number of pyridine rings is 1. The molecule has 124 valence electrons. The minimum atomic E-state index is 0.521. The first-order valence-electron chi connectivity index (χ1n) is 8.88. The molecule has 23 heavy (non-hydrogen) atoms. The van der Waals surface area contributed by atoms with E-state index in [1.165, 1.54) is 38.1 Å². The predicted octanol–water partition coefficient (Wildman–Crippen LogP) is 2.67. The first kappa shape index (κ1) is 15.1. The molecule has 0 N–H and O–H groups in total. The molecule has 2 fully saturated rings. The third-order valence-corrected chi connectivity index (χ3v) is 5.22. The minimum absolute atomic E-state index is 0.521. The summed E-state index contributed by atoms with van der Waals surface area (Å²) in [7, 11) is 2.21. The third kappa shape index (κ3) is 3.12. The second-order valence-corrected chi connectivity index (χ2v) is 7.11. The molecule has 0 radical (unpaired) electrons. The zero-order valence-corrected chi connectivity index (χ0v) is 13.9. The van der Waals surface area contributed by atoms with E-state index in [9.17, 15) is 0 Å². The highest BCUT2D eigenvalue weighted by molar-refractivity contribution is 5.71. The number of hydrogen-bond acceptors (Lipinski definition) is 4. The van der Waals surface area contributed by atoms with E-state index in [0.717, 1.165) is 37.5 Å². The lowest BCUT2D eigenvalue weighted by atomic mass is 9.97. The number of likely N-dealkylation sites (N-methyl/N-ethyl adjacent to an activating group) is 1. The molecule has 2 aliphatic heterocycles. The Labute approximate surface area is 137 Å². The number of piperidine rings is 1. The van der Waals surface area contributed by atoms with E-state index in [0.29, 0.717) is 11.8 Å². The molecular formula is C18H26N4O. The van der Waals surface area contributed by atoms with Crippen LogP contribution < -0.4 is 0 Å². The molecule has 0 saturated carbocycles. The van der Waals surface area contributed by atoms with Crippen molar-refractivity contribution in [2.75, 3.05) is 33.4 Å². The molecule has 5 heteroatoms. The first-order valence-corrected chi connectivity index (χ1v) is 8.88. The molecule has 0 spiro atoms. The normalized spacial score (nSPS) is 26.7. The summed E-state index contributed by atoms with van der Waals surface area (Å²) in [5, 5.41) is 0. The van der Waals surface area contributed by atoms with Crippen LogP contribution in [-0.2, 0) is 11.3 Å². The van der Waals surface area contributed by atoms with Gasteiger partial charge in [-0.2, -0.15) is 0 Å². The SMILES string of the molecule is CN1CCCC(c2nc3cccnc3n2CC2CCCOC2)C1. The van der Waals surface area contributed by atoms with E-state index in [4.69, 9.17) is 9.72 Å². The van der Waals surface area contributed by atoms with Gasteiger partial charge in [-0.25, -0.2) is 9.97 Å². The average molecular weight is 314 g/mol. The highest BCUT2D eigenvalue weighted by Crippen LogP contribution is 2.29. The topological polar surface area (TPSA) is 43.2 Å². The number of rotatable bonds is 3. The molecule has 4 heterocycles. The van der Waals surface area contributed by atoms with Crippen molar-refractivity contribution < 1.29 is 4.74 Å². The molecule has 0 bridgehead atoms. The second-order valence-electron chi connectivity index (χ2n) is 7.11. The van der Waals surface area contributed by atoms with E-state index in [1.54, 1.807) is 0 Å². The van der Waals surface area contributed by atoms with Gasteiger partial charge in [0.15, 0.2) is 5.65 Å². The molecule has 0 aliphatic carbocycles. The van der Waals surface area contributed by atoms with E-state index >= 15 is 0 Å². The Morgan fingerprint density at radius 3 is 3.09 bits per heavy atom. The lowest BCUT2D eigenvalue weighted by molar-refractivity contribution is 0.0481. The monoisotopic (exact) mass is 314 g/mol. The third-order valence-electron chi connectivity index (χ3n) is 5.22. The van der Waals surface area contributed by atoms with Gasteiger partial charge in [-0.05, 0) is 51.4 Å². The highest BCUT2D eigenvalue weighted by atomic mass is 16.5. The quantitative estimate of drug-likeness (QED) is 0.873. The van der Waals surface area contributed by atoms with E-state index < -0.39 is 0 Å². The summed E-state index contributed by atoms with van der Waals surface area (Å²) in [6.07, 6.45) is 6.79. The molecule has 2 aliphatic rings. The summed E-state index contributed by atoms with van der Waals surface area (Å²) in [5.41, 5.74) is 2.08. The van der Waals surface area contributed by atoms with Gasteiger partial charge < -0.3 is 14.2 Å². The van der Waals surface area contributed by atoms with Crippen LogP contribution in [0.15, 0.2) is 18.3 Å². The highest BCUT2D eigenvalue weighted by Gasteiger charge is 2.26. The van der Waals surface area contributed by atoms with Gasteiger partial charge in [0.1, 0.15) is 11.3 Å². The molecule has 4 rings (SSSR count). The van der Waals surface area contributed by atoms with E-state index in [2.05, 4.69) is 27.6 Å². The lowest BCUT2D eigenvalue weighted by Crippen LogP contribution is -2.33. The number of aromatic nitrogens is 3. The maximum absolute atomic E-state index is 5.68. The van der Waals surface area contributed by atoms with Gasteiger partial charge >= 0.3 is 0 Å². The Morgan fingerprint density at radius 1 is 1.30 bits per heavy atom. The second kappa shape index (κ2) is 6.57. The Hall–Kier alpha value is -1.46. The molecule has 2 aromatic rings. The van der Waals surface area contributed by atoms with Crippen LogP contribution in [0.4, 0.5) is 0 Å². The fourth-order valence-corrected chi connectivity index (χ4v) is 4.05. The van der Waals surface area contributed by atoms with Gasteiger partial charge in [0.25, 0.3) is 0 Å². The number of fused-ring (bicyclic) bond motifs is 1. The zero-order valence-electron chi connectivity index (χ0n) is 13.9. The summed E-state index contributed by atoms with van der Waals surface area (Å²) in [5.74, 6) is 2.34. The standard InChI is InChI=1S/C18H26N4O/c1-21-9-3-6-15(12-21)17-20-16-7-2-8-19-18(16)22(17)11-14-5-4-10-23-13-14/h2,7-8,14-15H,3-6,9-13H2,1H3. The lowest BCUT2D eigenvalue weighted by Gasteiger charge is -2.30. The van der Waals surface area contributed by atoms with E-state index in [-0.39, 0.29) is 0 Å².